The number of ether oxygens (including phenoxy) is 2. The summed E-state index contributed by atoms with van der Waals surface area (Å²) in [5.74, 6) is -0.829. The Kier molecular flexibility index (Phi) is 5.90. The van der Waals surface area contributed by atoms with Gasteiger partial charge in [-0.3, -0.25) is 14.4 Å². The Balaban J connectivity index is 3.36. The number of nitrogens with one attached hydrogen (secondary N) is 1. The number of carbonyl (C=O) groups is 3. The summed E-state index contributed by atoms with van der Waals surface area (Å²) >= 11 is 0. The van der Waals surface area contributed by atoms with E-state index in [0.717, 1.165) is 0 Å². The normalized spacial score (nSPS) is 10.1. The fourth-order valence-electron chi connectivity index (χ4n) is 1.51. The smallest absolute Gasteiger partial charge is 0.313 e. The molecule has 0 aliphatic rings. The Morgan fingerprint density at radius 3 is 2.48 bits per heavy atom. The number of esters is 1. The summed E-state index contributed by atoms with van der Waals surface area (Å²) in [7, 11) is 1.41. The van der Waals surface area contributed by atoms with Crippen LogP contribution < -0.4 is 14.8 Å². The molecule has 0 fully saturated rings. The molecule has 114 valence electrons. The molecule has 0 bridgehead atoms. The van der Waals surface area contributed by atoms with Crippen molar-refractivity contribution >= 4 is 23.9 Å². The van der Waals surface area contributed by atoms with Crippen LogP contribution in [0.25, 0.3) is 0 Å². The van der Waals surface area contributed by atoms with Crippen molar-refractivity contribution in [2.45, 2.75) is 27.2 Å². The minimum absolute atomic E-state index is 0.0441. The van der Waals surface area contributed by atoms with E-state index in [4.69, 9.17) is 9.47 Å². The summed E-state index contributed by atoms with van der Waals surface area (Å²) in [4.78, 5) is 34.6. The second-order valence-corrected chi connectivity index (χ2v) is 4.66. The Labute approximate surface area is 123 Å². The fraction of sp³-hybridized carbons (Fsp3) is 0.400. The Bertz CT molecular complexity index is 551. The molecule has 0 saturated heterocycles. The van der Waals surface area contributed by atoms with E-state index in [1.54, 1.807) is 20.8 Å². The van der Waals surface area contributed by atoms with Crippen molar-refractivity contribution in [3.8, 4) is 11.5 Å². The van der Waals surface area contributed by atoms with Crippen LogP contribution in [0.3, 0.4) is 0 Å². The van der Waals surface area contributed by atoms with Crippen molar-refractivity contribution in [2.24, 2.45) is 5.92 Å². The summed E-state index contributed by atoms with van der Waals surface area (Å²) in [5.41, 5.74) is 0.356. The van der Waals surface area contributed by atoms with Crippen LogP contribution in [0.5, 0.6) is 11.5 Å². The molecule has 21 heavy (non-hydrogen) atoms. The van der Waals surface area contributed by atoms with Gasteiger partial charge in [0.05, 0.1) is 18.7 Å². The van der Waals surface area contributed by atoms with E-state index in [0.29, 0.717) is 6.29 Å². The largest absolute Gasteiger partial charge is 0.493 e. The van der Waals surface area contributed by atoms with Gasteiger partial charge in [0.25, 0.3) is 0 Å². The maximum atomic E-state index is 11.8. The standard InChI is InChI=1S/C15H19NO5/c1-5-12(18)16-13-10(8-17)6-7-11(20-4)14(13)21-15(19)9(2)3/h6-9H,5H2,1-4H3,(H,16,18). The van der Waals surface area contributed by atoms with Gasteiger partial charge in [0.1, 0.15) is 0 Å². The highest BCUT2D eigenvalue weighted by Gasteiger charge is 2.21. The molecule has 0 aliphatic heterocycles. The average molecular weight is 293 g/mol. The molecule has 0 heterocycles. The monoisotopic (exact) mass is 293 g/mol. The molecule has 6 heteroatoms. The number of aldehydes is 1. The number of amides is 1. The molecule has 0 aliphatic carbocycles. The lowest BCUT2D eigenvalue weighted by Gasteiger charge is -2.17. The summed E-state index contributed by atoms with van der Waals surface area (Å²) in [5, 5.41) is 2.57. The van der Waals surface area contributed by atoms with Crippen LogP contribution in [0.2, 0.25) is 0 Å². The van der Waals surface area contributed by atoms with Crippen molar-refractivity contribution in [1.82, 2.24) is 0 Å². The van der Waals surface area contributed by atoms with Gasteiger partial charge in [0.15, 0.2) is 17.8 Å². The zero-order valence-corrected chi connectivity index (χ0v) is 12.6. The van der Waals surface area contributed by atoms with Crippen LogP contribution in [0, 0.1) is 5.92 Å². The van der Waals surface area contributed by atoms with Crippen LogP contribution >= 0.6 is 0 Å². The Morgan fingerprint density at radius 2 is 2.00 bits per heavy atom. The SMILES string of the molecule is CCC(=O)Nc1c(C=O)ccc(OC)c1OC(=O)C(C)C. The second kappa shape index (κ2) is 7.42. The third kappa shape index (κ3) is 4.05. The molecule has 0 radical (unpaired) electrons. The van der Waals surface area contributed by atoms with Crippen LogP contribution in [-0.2, 0) is 9.59 Å². The van der Waals surface area contributed by atoms with Crippen molar-refractivity contribution < 1.29 is 23.9 Å². The minimum atomic E-state index is -0.483. The van der Waals surface area contributed by atoms with E-state index in [-0.39, 0.29) is 41.0 Å². The van der Waals surface area contributed by atoms with E-state index in [2.05, 4.69) is 5.32 Å². The predicted molar refractivity (Wildman–Crippen MR) is 77.8 cm³/mol. The summed E-state index contributed by atoms with van der Waals surface area (Å²) in [6.07, 6.45) is 0.810. The molecule has 1 aromatic rings. The van der Waals surface area contributed by atoms with Crippen LogP contribution in [0.4, 0.5) is 5.69 Å². The van der Waals surface area contributed by atoms with Gasteiger partial charge in [0.2, 0.25) is 5.91 Å². The number of hydrogen-bond donors (Lipinski definition) is 1. The third-order valence-corrected chi connectivity index (χ3v) is 2.76. The second-order valence-electron chi connectivity index (χ2n) is 4.66. The highest BCUT2D eigenvalue weighted by atomic mass is 16.6. The summed E-state index contributed by atoms with van der Waals surface area (Å²) in [6, 6.07) is 3.00. The molecule has 6 nitrogen and oxygen atoms in total. The first-order chi connectivity index (χ1) is 9.94. The number of benzene rings is 1. The Morgan fingerprint density at radius 1 is 1.33 bits per heavy atom. The molecule has 0 atom stereocenters. The van der Waals surface area contributed by atoms with Gasteiger partial charge in [-0.1, -0.05) is 20.8 Å². The quantitative estimate of drug-likeness (QED) is 0.495. The van der Waals surface area contributed by atoms with E-state index in [1.165, 1.54) is 19.2 Å². The average Bonchev–Trinajstić information content (AvgIpc) is 2.48. The van der Waals surface area contributed by atoms with Gasteiger partial charge in [-0.05, 0) is 12.1 Å². The zero-order valence-electron chi connectivity index (χ0n) is 12.6. The molecular formula is C15H19NO5. The topological polar surface area (TPSA) is 81.7 Å². The van der Waals surface area contributed by atoms with E-state index < -0.39 is 5.97 Å². The highest BCUT2D eigenvalue weighted by Crippen LogP contribution is 2.38. The van der Waals surface area contributed by atoms with Crippen molar-refractivity contribution in [1.29, 1.82) is 0 Å². The van der Waals surface area contributed by atoms with Gasteiger partial charge in [-0.25, -0.2) is 0 Å². The zero-order chi connectivity index (χ0) is 16.0. The molecule has 0 aromatic heterocycles. The maximum absolute atomic E-state index is 11.8. The lowest BCUT2D eigenvalue weighted by molar-refractivity contribution is -0.137. The number of methoxy groups -OCH3 is 1. The van der Waals surface area contributed by atoms with Crippen LogP contribution in [0.15, 0.2) is 12.1 Å². The van der Waals surface area contributed by atoms with Crippen LogP contribution in [0.1, 0.15) is 37.6 Å². The number of rotatable bonds is 6. The summed E-state index contributed by atoms with van der Waals surface area (Å²) < 4.78 is 10.4. The van der Waals surface area contributed by atoms with Crippen LogP contribution in [-0.4, -0.2) is 25.3 Å². The van der Waals surface area contributed by atoms with Gasteiger partial charge in [-0.2, -0.15) is 0 Å². The van der Waals surface area contributed by atoms with Crippen molar-refractivity contribution in [3.05, 3.63) is 17.7 Å². The lowest BCUT2D eigenvalue weighted by atomic mass is 10.1. The fourth-order valence-corrected chi connectivity index (χ4v) is 1.51. The molecule has 1 aromatic carbocycles. The molecule has 0 spiro atoms. The highest BCUT2D eigenvalue weighted by molar-refractivity contribution is 6.00. The molecule has 1 rings (SSSR count). The van der Waals surface area contributed by atoms with Gasteiger partial charge >= 0.3 is 5.97 Å². The molecule has 0 unspecified atom stereocenters. The third-order valence-electron chi connectivity index (χ3n) is 2.76. The molecular weight excluding hydrogens is 274 g/mol. The lowest BCUT2D eigenvalue weighted by Crippen LogP contribution is -2.18. The minimum Gasteiger partial charge on any atom is -0.493 e. The number of carbonyl (C=O) groups excluding carboxylic acids is 3. The number of anilines is 1. The molecule has 1 amide bonds. The predicted octanol–water partition coefficient (Wildman–Crippen LogP) is 2.42. The maximum Gasteiger partial charge on any atom is 0.313 e. The van der Waals surface area contributed by atoms with Gasteiger partial charge < -0.3 is 14.8 Å². The summed E-state index contributed by atoms with van der Waals surface area (Å²) in [6.45, 7) is 5.04. The van der Waals surface area contributed by atoms with Gasteiger partial charge in [-0.15, -0.1) is 0 Å². The van der Waals surface area contributed by atoms with E-state index in [1.807, 2.05) is 0 Å². The van der Waals surface area contributed by atoms with E-state index >= 15 is 0 Å². The van der Waals surface area contributed by atoms with E-state index in [9.17, 15) is 14.4 Å². The van der Waals surface area contributed by atoms with Crippen molar-refractivity contribution in [3.63, 3.8) is 0 Å². The van der Waals surface area contributed by atoms with Crippen molar-refractivity contribution in [2.75, 3.05) is 12.4 Å². The molecule has 1 N–H and O–H groups in total. The first kappa shape index (κ1) is 16.7. The molecule has 0 saturated carbocycles. The first-order valence-electron chi connectivity index (χ1n) is 6.62. The number of hydrogen-bond acceptors (Lipinski definition) is 5. The Hall–Kier alpha value is -2.37. The van der Waals surface area contributed by atoms with Gasteiger partial charge in [0, 0.05) is 12.0 Å². The first-order valence-corrected chi connectivity index (χ1v) is 6.62.